The van der Waals surface area contributed by atoms with E-state index >= 15 is 0 Å². The Morgan fingerprint density at radius 3 is 2.33 bits per heavy atom. The van der Waals surface area contributed by atoms with Crippen LogP contribution in [0.5, 0.6) is 0 Å². The summed E-state index contributed by atoms with van der Waals surface area (Å²) in [6.45, 7) is 4.43. The maximum absolute atomic E-state index is 12.9. The number of carbonyl (C=O) groups excluding carboxylic acids is 1. The molecule has 4 aromatic rings. The molecule has 0 saturated carbocycles. The van der Waals surface area contributed by atoms with Gasteiger partial charge in [0.1, 0.15) is 0 Å². The first kappa shape index (κ1) is 29.6. The highest BCUT2D eigenvalue weighted by molar-refractivity contribution is 7.91. The quantitative estimate of drug-likeness (QED) is 0.261. The van der Waals surface area contributed by atoms with E-state index in [1.54, 1.807) is 29.2 Å². The number of halogens is 3. The van der Waals surface area contributed by atoms with Crippen molar-refractivity contribution in [3.8, 4) is 0 Å². The fourth-order valence-corrected chi connectivity index (χ4v) is 7.09. The summed E-state index contributed by atoms with van der Waals surface area (Å²) in [5.74, 6) is -0.170. The number of alkyl halides is 3. The standard InChI is InChI=1S/C29H28F3N5O3S2/c1-18(2)25-24-23(17-37(25)28-34-15-21(16-35-28)29(30,31)32)41-27(36-24)26(38)33-14-20-8-10-22(11-9-20)42(39,40)13-12-19-6-4-3-5-7-19/h3-11,15-16,18,25H,12-14,17H2,1-2H3,(H,33,38)/t25-/m0/s1. The molecule has 1 atom stereocenters. The zero-order chi connectivity index (χ0) is 30.1. The number of aryl methyl sites for hydroxylation is 1. The first-order valence-electron chi connectivity index (χ1n) is 13.2. The number of amides is 1. The molecule has 0 radical (unpaired) electrons. The van der Waals surface area contributed by atoms with Crippen molar-refractivity contribution in [2.24, 2.45) is 5.92 Å². The summed E-state index contributed by atoms with van der Waals surface area (Å²) in [7, 11) is -3.45. The Morgan fingerprint density at radius 1 is 1.05 bits per heavy atom. The lowest BCUT2D eigenvalue weighted by atomic mass is 10.0. The van der Waals surface area contributed by atoms with Crippen LogP contribution < -0.4 is 10.2 Å². The van der Waals surface area contributed by atoms with Gasteiger partial charge in [-0.3, -0.25) is 4.79 Å². The van der Waals surface area contributed by atoms with E-state index in [-0.39, 0.29) is 46.0 Å². The van der Waals surface area contributed by atoms with E-state index in [4.69, 9.17) is 0 Å². The van der Waals surface area contributed by atoms with Crippen molar-refractivity contribution in [2.45, 2.75) is 50.5 Å². The van der Waals surface area contributed by atoms with Crippen LogP contribution in [0.4, 0.5) is 19.1 Å². The molecule has 1 N–H and O–H groups in total. The van der Waals surface area contributed by atoms with E-state index in [1.165, 1.54) is 11.3 Å². The second-order valence-corrected chi connectivity index (χ2v) is 13.5. The van der Waals surface area contributed by atoms with Gasteiger partial charge in [-0.1, -0.05) is 56.3 Å². The third-order valence-corrected chi connectivity index (χ3v) is 9.73. The molecule has 220 valence electrons. The Morgan fingerprint density at radius 2 is 1.71 bits per heavy atom. The van der Waals surface area contributed by atoms with Gasteiger partial charge >= 0.3 is 6.18 Å². The van der Waals surface area contributed by atoms with Crippen molar-refractivity contribution < 1.29 is 26.4 Å². The van der Waals surface area contributed by atoms with Gasteiger partial charge in [-0.25, -0.2) is 23.4 Å². The van der Waals surface area contributed by atoms with Gasteiger partial charge in [0.2, 0.25) is 5.95 Å². The van der Waals surface area contributed by atoms with Gasteiger partial charge in [-0.2, -0.15) is 13.2 Å². The third kappa shape index (κ3) is 6.46. The van der Waals surface area contributed by atoms with Crippen LogP contribution in [-0.2, 0) is 35.5 Å². The molecule has 2 aromatic carbocycles. The number of hydrogen-bond acceptors (Lipinski definition) is 8. The number of carbonyl (C=O) groups is 1. The van der Waals surface area contributed by atoms with Gasteiger partial charge in [-0.15, -0.1) is 11.3 Å². The molecule has 0 bridgehead atoms. The summed E-state index contributed by atoms with van der Waals surface area (Å²) < 4.78 is 64.3. The van der Waals surface area contributed by atoms with Crippen LogP contribution in [0, 0.1) is 5.92 Å². The lowest BCUT2D eigenvalue weighted by Crippen LogP contribution is -2.28. The number of benzene rings is 2. The van der Waals surface area contributed by atoms with Crippen LogP contribution in [0.15, 0.2) is 71.9 Å². The molecule has 1 aliphatic heterocycles. The average Bonchev–Trinajstić information content (AvgIpc) is 3.54. The number of nitrogens with zero attached hydrogens (tertiary/aromatic N) is 4. The third-order valence-electron chi connectivity index (χ3n) is 6.94. The van der Waals surface area contributed by atoms with E-state index in [0.29, 0.717) is 18.7 Å². The van der Waals surface area contributed by atoms with E-state index in [9.17, 15) is 26.4 Å². The molecule has 3 heterocycles. The lowest BCUT2D eigenvalue weighted by molar-refractivity contribution is -0.138. The van der Waals surface area contributed by atoms with E-state index in [1.807, 2.05) is 44.2 Å². The average molecular weight is 616 g/mol. The van der Waals surface area contributed by atoms with Crippen molar-refractivity contribution in [2.75, 3.05) is 10.7 Å². The van der Waals surface area contributed by atoms with Crippen LogP contribution >= 0.6 is 11.3 Å². The number of aromatic nitrogens is 3. The Labute approximate surface area is 245 Å². The number of nitrogens with one attached hydrogen (secondary N) is 1. The minimum atomic E-state index is -4.52. The molecule has 42 heavy (non-hydrogen) atoms. The normalized spacial score (nSPS) is 15.2. The van der Waals surface area contributed by atoms with E-state index in [0.717, 1.165) is 28.4 Å². The highest BCUT2D eigenvalue weighted by Crippen LogP contribution is 2.42. The second kappa shape index (κ2) is 11.8. The Balaban J connectivity index is 1.21. The summed E-state index contributed by atoms with van der Waals surface area (Å²) in [6, 6.07) is 15.6. The highest BCUT2D eigenvalue weighted by Gasteiger charge is 2.39. The predicted octanol–water partition coefficient (Wildman–Crippen LogP) is 5.62. The second-order valence-electron chi connectivity index (χ2n) is 10.3. The van der Waals surface area contributed by atoms with Gasteiger partial charge in [0.15, 0.2) is 14.8 Å². The number of thiazole rings is 1. The number of sulfone groups is 1. The predicted molar refractivity (Wildman–Crippen MR) is 153 cm³/mol. The molecule has 5 rings (SSSR count). The van der Waals surface area contributed by atoms with Crippen molar-refractivity contribution in [3.63, 3.8) is 0 Å². The molecule has 8 nitrogen and oxygen atoms in total. The highest BCUT2D eigenvalue weighted by atomic mass is 32.2. The first-order valence-corrected chi connectivity index (χ1v) is 15.7. The molecule has 1 aliphatic rings. The van der Waals surface area contributed by atoms with E-state index in [2.05, 4.69) is 20.3 Å². The number of rotatable bonds is 9. The van der Waals surface area contributed by atoms with Crippen LogP contribution in [0.2, 0.25) is 0 Å². The number of hydrogen-bond donors (Lipinski definition) is 1. The minimum absolute atomic E-state index is 0.00159. The van der Waals surface area contributed by atoms with Gasteiger partial charge in [0.25, 0.3) is 5.91 Å². The molecule has 0 saturated heterocycles. The molecule has 0 fully saturated rings. The van der Waals surface area contributed by atoms with E-state index < -0.39 is 21.6 Å². The zero-order valence-corrected chi connectivity index (χ0v) is 24.4. The smallest absolute Gasteiger partial charge is 0.346 e. The van der Waals surface area contributed by atoms with Crippen molar-refractivity contribution in [3.05, 3.63) is 99.3 Å². The first-order chi connectivity index (χ1) is 19.9. The Hall–Kier alpha value is -3.84. The molecule has 0 unspecified atom stereocenters. The van der Waals surface area contributed by atoms with Crippen LogP contribution in [-0.4, -0.2) is 35.0 Å². The topological polar surface area (TPSA) is 105 Å². The summed E-state index contributed by atoms with van der Waals surface area (Å²) in [5.41, 5.74) is 1.46. The molecular formula is C29H28F3N5O3S2. The summed E-state index contributed by atoms with van der Waals surface area (Å²) >= 11 is 1.22. The monoisotopic (exact) mass is 615 g/mol. The van der Waals surface area contributed by atoms with Gasteiger partial charge in [-0.05, 0) is 35.6 Å². The SMILES string of the molecule is CC(C)[C@H]1c2nc(C(=O)NCc3ccc(S(=O)(=O)CCc4ccccc4)cc3)sc2CN1c1ncc(C(F)(F)F)cn1. The van der Waals surface area contributed by atoms with Crippen LogP contribution in [0.25, 0.3) is 0 Å². The molecule has 0 spiro atoms. The molecule has 1 amide bonds. The van der Waals surface area contributed by atoms with Gasteiger partial charge in [0, 0.05) is 18.9 Å². The fraction of sp³-hybridized carbons (Fsp3) is 0.310. The largest absolute Gasteiger partial charge is 0.419 e. The Kier molecular flexibility index (Phi) is 8.33. The minimum Gasteiger partial charge on any atom is -0.346 e. The maximum Gasteiger partial charge on any atom is 0.419 e. The van der Waals surface area contributed by atoms with Crippen molar-refractivity contribution in [1.29, 1.82) is 0 Å². The summed E-state index contributed by atoms with van der Waals surface area (Å²) in [4.78, 5) is 28.2. The number of anilines is 1. The fourth-order valence-electron chi connectivity index (χ4n) is 4.78. The zero-order valence-electron chi connectivity index (χ0n) is 22.8. The number of fused-ring (bicyclic) bond motifs is 1. The van der Waals surface area contributed by atoms with Crippen molar-refractivity contribution in [1.82, 2.24) is 20.3 Å². The lowest BCUT2D eigenvalue weighted by Gasteiger charge is -2.27. The molecule has 2 aromatic heterocycles. The van der Waals surface area contributed by atoms with Crippen LogP contribution in [0.3, 0.4) is 0 Å². The Bertz CT molecular complexity index is 1660. The van der Waals surface area contributed by atoms with Crippen molar-refractivity contribution >= 4 is 33.0 Å². The molecule has 13 heteroatoms. The summed E-state index contributed by atoms with van der Waals surface area (Å²) in [6.07, 6.45) is -2.56. The van der Waals surface area contributed by atoms with Gasteiger partial charge in [0.05, 0.1) is 39.4 Å². The summed E-state index contributed by atoms with van der Waals surface area (Å²) in [5, 5.41) is 3.11. The molecule has 0 aliphatic carbocycles. The van der Waals surface area contributed by atoms with Crippen LogP contribution in [0.1, 0.15) is 57.0 Å². The molecular weight excluding hydrogens is 587 g/mol. The van der Waals surface area contributed by atoms with Gasteiger partial charge < -0.3 is 10.2 Å². The maximum atomic E-state index is 12.9.